The molecule has 2 aromatic heterocycles. The predicted molar refractivity (Wildman–Crippen MR) is 75.5 cm³/mol. The summed E-state index contributed by atoms with van der Waals surface area (Å²) in [5.74, 6) is 6.51. The molecule has 0 spiro atoms. The monoisotopic (exact) mass is 273 g/mol. The van der Waals surface area contributed by atoms with Crippen LogP contribution in [0.25, 0.3) is 0 Å². The molecule has 2 heterocycles. The quantitative estimate of drug-likeness (QED) is 0.609. The largest absolute Gasteiger partial charge is 0.384 e. The van der Waals surface area contributed by atoms with Crippen LogP contribution in [0.2, 0.25) is 5.15 Å². The SMILES string of the molecule is CCc1nc(N)nc(Cl)c1C#Cc1ccc(N)nc1. The number of rotatable bonds is 1. The lowest BCUT2D eigenvalue weighted by Gasteiger charge is -2.03. The molecule has 0 aliphatic carbocycles. The molecule has 0 aliphatic rings. The molecule has 0 bridgehead atoms. The van der Waals surface area contributed by atoms with Gasteiger partial charge in [0.2, 0.25) is 5.95 Å². The van der Waals surface area contributed by atoms with Gasteiger partial charge in [0.15, 0.2) is 5.15 Å². The second kappa shape index (κ2) is 5.55. The Hall–Kier alpha value is -2.32. The second-order valence-electron chi connectivity index (χ2n) is 3.77. The molecule has 6 heteroatoms. The Morgan fingerprint density at radius 3 is 2.63 bits per heavy atom. The summed E-state index contributed by atoms with van der Waals surface area (Å²) in [5.41, 5.74) is 13.1. The van der Waals surface area contributed by atoms with Crippen LogP contribution in [-0.4, -0.2) is 15.0 Å². The van der Waals surface area contributed by atoms with E-state index < -0.39 is 0 Å². The van der Waals surface area contributed by atoms with Crippen molar-refractivity contribution >= 4 is 23.4 Å². The van der Waals surface area contributed by atoms with E-state index in [9.17, 15) is 0 Å². The number of nitrogens with zero attached hydrogens (tertiary/aromatic N) is 3. The molecule has 0 atom stereocenters. The van der Waals surface area contributed by atoms with Gasteiger partial charge in [-0.05, 0) is 18.6 Å². The summed E-state index contributed by atoms with van der Waals surface area (Å²) in [6.45, 7) is 1.95. The number of nitrogens with two attached hydrogens (primary N) is 2. The van der Waals surface area contributed by atoms with Crippen molar-refractivity contribution in [3.05, 3.63) is 40.3 Å². The molecule has 2 aromatic rings. The first-order valence-corrected chi connectivity index (χ1v) is 6.03. The summed E-state index contributed by atoms with van der Waals surface area (Å²) in [6, 6.07) is 3.47. The Balaban J connectivity index is 2.41. The third-order valence-corrected chi connectivity index (χ3v) is 2.68. The fourth-order valence-corrected chi connectivity index (χ4v) is 1.73. The van der Waals surface area contributed by atoms with Crippen LogP contribution in [-0.2, 0) is 6.42 Å². The molecular formula is C13H12ClN5. The van der Waals surface area contributed by atoms with Crippen LogP contribution in [0.4, 0.5) is 11.8 Å². The van der Waals surface area contributed by atoms with E-state index in [-0.39, 0.29) is 11.1 Å². The van der Waals surface area contributed by atoms with E-state index in [4.69, 9.17) is 23.1 Å². The van der Waals surface area contributed by atoms with Crippen LogP contribution in [0.5, 0.6) is 0 Å². The van der Waals surface area contributed by atoms with Gasteiger partial charge in [-0.15, -0.1) is 0 Å². The number of pyridine rings is 1. The molecule has 2 rings (SSSR count). The molecular weight excluding hydrogens is 262 g/mol. The number of aryl methyl sites for hydroxylation is 1. The lowest BCUT2D eigenvalue weighted by molar-refractivity contribution is 0.999. The van der Waals surface area contributed by atoms with Gasteiger partial charge < -0.3 is 11.5 Å². The summed E-state index contributed by atoms with van der Waals surface area (Å²) < 4.78 is 0. The standard InChI is InChI=1S/C13H12ClN5/c1-2-10-9(12(14)19-13(16)18-10)5-3-8-4-6-11(15)17-7-8/h4,6-7H,2H2,1H3,(H2,15,17)(H2,16,18,19). The minimum atomic E-state index is 0.154. The minimum absolute atomic E-state index is 0.154. The number of nitrogen functional groups attached to an aromatic ring is 2. The van der Waals surface area contributed by atoms with E-state index >= 15 is 0 Å². The van der Waals surface area contributed by atoms with Crippen molar-refractivity contribution < 1.29 is 0 Å². The molecule has 0 radical (unpaired) electrons. The van der Waals surface area contributed by atoms with E-state index in [1.807, 2.05) is 6.92 Å². The normalized spacial score (nSPS) is 9.79. The lowest BCUT2D eigenvalue weighted by Crippen LogP contribution is -2.02. The van der Waals surface area contributed by atoms with Crippen molar-refractivity contribution in [1.29, 1.82) is 0 Å². The fraction of sp³-hybridized carbons (Fsp3) is 0.154. The highest BCUT2D eigenvalue weighted by molar-refractivity contribution is 6.30. The third kappa shape index (κ3) is 3.12. The minimum Gasteiger partial charge on any atom is -0.384 e. The van der Waals surface area contributed by atoms with Crippen LogP contribution in [0.15, 0.2) is 18.3 Å². The number of aromatic nitrogens is 3. The highest BCUT2D eigenvalue weighted by Gasteiger charge is 2.08. The molecule has 0 fully saturated rings. The van der Waals surface area contributed by atoms with Gasteiger partial charge in [-0.2, -0.15) is 4.98 Å². The van der Waals surface area contributed by atoms with Crippen LogP contribution >= 0.6 is 11.6 Å². The van der Waals surface area contributed by atoms with E-state index in [0.29, 0.717) is 17.8 Å². The first kappa shape index (κ1) is 13.1. The third-order valence-electron chi connectivity index (χ3n) is 2.41. The Labute approximate surface area is 116 Å². The number of anilines is 2. The highest BCUT2D eigenvalue weighted by Crippen LogP contribution is 2.17. The van der Waals surface area contributed by atoms with Crippen molar-refractivity contribution in [3.63, 3.8) is 0 Å². The molecule has 96 valence electrons. The zero-order chi connectivity index (χ0) is 13.8. The van der Waals surface area contributed by atoms with Gasteiger partial charge in [0, 0.05) is 11.8 Å². The highest BCUT2D eigenvalue weighted by atomic mass is 35.5. The molecule has 0 saturated heterocycles. The van der Waals surface area contributed by atoms with Gasteiger partial charge in [-0.25, -0.2) is 9.97 Å². The molecule has 0 aromatic carbocycles. The van der Waals surface area contributed by atoms with Crippen LogP contribution in [0, 0.1) is 11.8 Å². The van der Waals surface area contributed by atoms with E-state index in [2.05, 4.69) is 26.8 Å². The summed E-state index contributed by atoms with van der Waals surface area (Å²) in [5, 5.41) is 0.264. The first-order valence-electron chi connectivity index (χ1n) is 5.65. The topological polar surface area (TPSA) is 90.7 Å². The molecule has 4 N–H and O–H groups in total. The van der Waals surface area contributed by atoms with Crippen molar-refractivity contribution in [3.8, 4) is 11.8 Å². The summed E-state index contributed by atoms with van der Waals surface area (Å²) in [4.78, 5) is 12.0. The van der Waals surface area contributed by atoms with Gasteiger partial charge in [-0.1, -0.05) is 30.4 Å². The Morgan fingerprint density at radius 2 is 2.00 bits per heavy atom. The van der Waals surface area contributed by atoms with Crippen LogP contribution < -0.4 is 11.5 Å². The van der Waals surface area contributed by atoms with Crippen molar-refractivity contribution in [2.45, 2.75) is 13.3 Å². The maximum absolute atomic E-state index is 6.04. The maximum atomic E-state index is 6.04. The summed E-state index contributed by atoms with van der Waals surface area (Å²) in [7, 11) is 0. The summed E-state index contributed by atoms with van der Waals surface area (Å²) >= 11 is 6.04. The van der Waals surface area contributed by atoms with Gasteiger partial charge in [0.1, 0.15) is 5.82 Å². The van der Waals surface area contributed by atoms with Gasteiger partial charge >= 0.3 is 0 Å². The van der Waals surface area contributed by atoms with E-state index in [0.717, 1.165) is 11.3 Å². The lowest BCUT2D eigenvalue weighted by atomic mass is 10.2. The molecule has 0 amide bonds. The predicted octanol–water partition coefficient (Wildman–Crippen LogP) is 1.65. The first-order chi connectivity index (χ1) is 9.10. The van der Waals surface area contributed by atoms with Gasteiger partial charge in [-0.3, -0.25) is 0 Å². The average Bonchev–Trinajstić information content (AvgIpc) is 2.39. The van der Waals surface area contributed by atoms with Gasteiger partial charge in [0.25, 0.3) is 0 Å². The number of halogens is 1. The molecule has 19 heavy (non-hydrogen) atoms. The van der Waals surface area contributed by atoms with Crippen molar-refractivity contribution in [2.24, 2.45) is 0 Å². The maximum Gasteiger partial charge on any atom is 0.221 e. The second-order valence-corrected chi connectivity index (χ2v) is 4.13. The molecule has 5 nitrogen and oxygen atoms in total. The summed E-state index contributed by atoms with van der Waals surface area (Å²) in [6.07, 6.45) is 2.27. The molecule has 0 unspecified atom stereocenters. The van der Waals surface area contributed by atoms with E-state index in [1.165, 1.54) is 0 Å². The smallest absolute Gasteiger partial charge is 0.221 e. The number of hydrogen-bond donors (Lipinski definition) is 2. The van der Waals surface area contributed by atoms with Gasteiger partial charge in [0.05, 0.1) is 11.3 Å². The Morgan fingerprint density at radius 1 is 1.21 bits per heavy atom. The molecule has 0 saturated carbocycles. The number of hydrogen-bond acceptors (Lipinski definition) is 5. The molecule has 0 aliphatic heterocycles. The zero-order valence-electron chi connectivity index (χ0n) is 10.3. The van der Waals surface area contributed by atoms with Crippen LogP contribution in [0.3, 0.4) is 0 Å². The fourth-order valence-electron chi connectivity index (χ4n) is 1.49. The van der Waals surface area contributed by atoms with E-state index in [1.54, 1.807) is 18.3 Å². The average molecular weight is 274 g/mol. The Bertz CT molecular complexity index is 655. The van der Waals surface area contributed by atoms with Crippen molar-refractivity contribution in [2.75, 3.05) is 11.5 Å². The Kier molecular flexibility index (Phi) is 3.83. The van der Waals surface area contributed by atoms with Crippen molar-refractivity contribution in [1.82, 2.24) is 15.0 Å². The van der Waals surface area contributed by atoms with Crippen LogP contribution in [0.1, 0.15) is 23.7 Å². The zero-order valence-corrected chi connectivity index (χ0v) is 11.1.